The van der Waals surface area contributed by atoms with Gasteiger partial charge in [0, 0.05) is 93.9 Å². The van der Waals surface area contributed by atoms with E-state index >= 15 is 0 Å². The van der Waals surface area contributed by atoms with Gasteiger partial charge in [-0.05, 0) is 99.5 Å². The van der Waals surface area contributed by atoms with E-state index in [1.165, 1.54) is 56.1 Å². The molecule has 410 valence electrons. The number of fused-ring (bicyclic) bond motifs is 3. The third kappa shape index (κ3) is 9.68. The quantitative estimate of drug-likeness (QED) is 0.0401. The third-order valence-electron chi connectivity index (χ3n) is 18.3. The first-order valence-corrected chi connectivity index (χ1v) is 29.1. The van der Waals surface area contributed by atoms with Crippen LogP contribution < -0.4 is 29.5 Å². The number of imidazole rings is 1. The van der Waals surface area contributed by atoms with Crippen LogP contribution in [-0.2, 0) is 10.0 Å². The summed E-state index contributed by atoms with van der Waals surface area (Å²) in [5.41, 5.74) is 3.45. The molecule has 0 bridgehead atoms. The molecule has 6 aromatic rings. The summed E-state index contributed by atoms with van der Waals surface area (Å²) in [6, 6.07) is 14.0. The number of amides is 1. The molecule has 1 spiro atoms. The number of piperazine rings is 1. The second-order valence-electron chi connectivity index (χ2n) is 23.8. The number of nitrogens with zero attached hydrogens (tertiary/aromatic N) is 6. The molecule has 6 fully saturated rings. The lowest BCUT2D eigenvalue weighted by atomic mass is 9.59. The van der Waals surface area contributed by atoms with Crippen LogP contribution in [0.25, 0.3) is 22.1 Å². The average Bonchev–Trinajstić information content (AvgIpc) is 3.94. The second kappa shape index (κ2) is 19.3. The minimum absolute atomic E-state index is 0.00271. The molecule has 1 unspecified atom stereocenters. The summed E-state index contributed by atoms with van der Waals surface area (Å²) in [5, 5.41) is 26.8. The van der Waals surface area contributed by atoms with Gasteiger partial charge < -0.3 is 45.0 Å². The van der Waals surface area contributed by atoms with Gasteiger partial charge in [0.25, 0.3) is 21.8 Å². The molecule has 0 radical (unpaired) electrons. The predicted molar refractivity (Wildman–Crippen MR) is 292 cm³/mol. The van der Waals surface area contributed by atoms with Crippen LogP contribution in [0.2, 0.25) is 0 Å². The molecule has 2 aliphatic heterocycles. The van der Waals surface area contributed by atoms with E-state index in [2.05, 4.69) is 82.8 Å². The number of aliphatic hydroxyl groups is 1. The van der Waals surface area contributed by atoms with Crippen molar-refractivity contribution in [2.45, 2.75) is 118 Å². The molecule has 2 atom stereocenters. The van der Waals surface area contributed by atoms with Gasteiger partial charge in [-0.15, -0.1) is 11.6 Å². The number of halogens is 2. The topological polar surface area (TPSA) is 221 Å². The first kappa shape index (κ1) is 52.1. The fourth-order valence-corrected chi connectivity index (χ4v) is 15.1. The summed E-state index contributed by atoms with van der Waals surface area (Å²) in [4.78, 5) is 41.1. The van der Waals surface area contributed by atoms with Crippen molar-refractivity contribution in [3.63, 3.8) is 0 Å². The van der Waals surface area contributed by atoms with Crippen molar-refractivity contribution in [1.29, 1.82) is 0 Å². The lowest BCUT2D eigenvalue weighted by Crippen LogP contribution is -2.98. The summed E-state index contributed by atoms with van der Waals surface area (Å²) >= 11 is 6.82. The van der Waals surface area contributed by atoms with E-state index in [1.807, 2.05) is 6.92 Å². The molecule has 4 aromatic heterocycles. The highest BCUT2D eigenvalue weighted by atomic mass is 35.5. The lowest BCUT2D eigenvalue weighted by Gasteiger charge is -2.58. The maximum Gasteiger partial charge on any atom is 0.270 e. The minimum atomic E-state index is -4.73. The van der Waals surface area contributed by atoms with Crippen molar-refractivity contribution >= 4 is 66.8 Å². The zero-order chi connectivity index (χ0) is 53.8. The molecule has 2 aromatic carbocycles. The fraction of sp³-hybridized carbons (Fsp3) is 0.536. The van der Waals surface area contributed by atoms with Gasteiger partial charge in [0.15, 0.2) is 11.4 Å². The molecule has 6 aliphatic rings. The van der Waals surface area contributed by atoms with Crippen LogP contribution in [0.3, 0.4) is 0 Å². The Morgan fingerprint density at radius 3 is 2.48 bits per heavy atom. The van der Waals surface area contributed by atoms with Crippen LogP contribution in [0.4, 0.5) is 21.6 Å². The van der Waals surface area contributed by atoms with Gasteiger partial charge in [-0.2, -0.15) is 4.98 Å². The number of piperidine rings is 1. The number of nitrogens with one attached hydrogen (secondary N) is 5. The first-order valence-electron chi connectivity index (χ1n) is 27.2. The Hall–Kier alpha value is -5.61. The van der Waals surface area contributed by atoms with Crippen LogP contribution in [0.15, 0.2) is 66.1 Å². The van der Waals surface area contributed by atoms with Crippen molar-refractivity contribution in [3.8, 4) is 17.4 Å². The van der Waals surface area contributed by atoms with Crippen molar-refractivity contribution in [2.75, 3.05) is 70.2 Å². The SMILES string of the molecule is COc1nc2[nH]cc(F)c2cc1Oc1cc(N2CCC3(CC2)CC(N2CCN(CC45CC4(Cl)C5)C[C@H]2c2ccccc2C(C)C)C3)ncc1C(=O)NS(=O)(=O)c1cc([NH+](C)[O-])c(NC[C@H]2CC[C@](C)(O)CC2)c2[nH]cnc12. The number of ether oxygens (including phenoxy) is 2. The molecule has 77 heavy (non-hydrogen) atoms. The Bertz CT molecular complexity index is 3350. The summed E-state index contributed by atoms with van der Waals surface area (Å²) in [7, 11) is -2.00. The Morgan fingerprint density at radius 2 is 1.78 bits per heavy atom. The Kier molecular flexibility index (Phi) is 13.1. The number of hydroxylamine groups is 1. The van der Waals surface area contributed by atoms with E-state index in [9.17, 15) is 27.9 Å². The smallest absolute Gasteiger partial charge is 0.270 e. The zero-order valence-corrected chi connectivity index (χ0v) is 45.9. The molecule has 1 amide bonds. The Balaban J connectivity index is 0.783. The maximum absolute atomic E-state index is 15.0. The molecular weight excluding hydrogens is 1030 g/mol. The molecule has 4 saturated carbocycles. The molecule has 6 heterocycles. The van der Waals surface area contributed by atoms with Gasteiger partial charge in [0.1, 0.15) is 44.7 Å². The first-order chi connectivity index (χ1) is 36.8. The number of hydrogen-bond donors (Lipinski definition) is 6. The van der Waals surface area contributed by atoms with E-state index in [4.69, 9.17) is 26.1 Å². The van der Waals surface area contributed by atoms with E-state index in [1.54, 1.807) is 6.07 Å². The highest BCUT2D eigenvalue weighted by molar-refractivity contribution is 7.90. The molecule has 18 nitrogen and oxygen atoms in total. The zero-order valence-electron chi connectivity index (χ0n) is 44.3. The maximum atomic E-state index is 15.0. The number of alkyl halides is 1. The monoisotopic (exact) mass is 1090 g/mol. The lowest BCUT2D eigenvalue weighted by molar-refractivity contribution is -0.750. The molecule has 4 aliphatic carbocycles. The van der Waals surface area contributed by atoms with E-state index in [-0.39, 0.29) is 71.8 Å². The number of quaternary nitrogens is 1. The fourth-order valence-electron chi connectivity index (χ4n) is 13.4. The number of sulfonamides is 1. The number of carbonyl (C=O) groups excluding carboxylic acids is 1. The Morgan fingerprint density at radius 1 is 1.04 bits per heavy atom. The summed E-state index contributed by atoms with van der Waals surface area (Å²) < 4.78 is 58.1. The number of anilines is 2. The number of aromatic nitrogens is 5. The van der Waals surface area contributed by atoms with Crippen LogP contribution >= 0.6 is 11.6 Å². The van der Waals surface area contributed by atoms with Crippen LogP contribution in [0.1, 0.15) is 118 Å². The summed E-state index contributed by atoms with van der Waals surface area (Å²) in [5.74, 6) is -0.564. The van der Waals surface area contributed by atoms with Crippen LogP contribution in [0, 0.1) is 27.8 Å². The number of H-pyrrole nitrogens is 2. The number of rotatable bonds is 16. The van der Waals surface area contributed by atoms with Crippen LogP contribution in [0.5, 0.6) is 17.4 Å². The molecule has 6 N–H and O–H groups in total. The number of aromatic amines is 2. The largest absolute Gasteiger partial charge is 0.629 e. The molecule has 2 saturated heterocycles. The van der Waals surface area contributed by atoms with Gasteiger partial charge in [0.2, 0.25) is 0 Å². The molecule has 12 rings (SSSR count). The van der Waals surface area contributed by atoms with Crippen molar-refractivity contribution < 1.29 is 37.2 Å². The van der Waals surface area contributed by atoms with Gasteiger partial charge in [-0.25, -0.2) is 27.5 Å². The summed E-state index contributed by atoms with van der Waals surface area (Å²) in [6.45, 7) is 12.5. The van der Waals surface area contributed by atoms with Crippen molar-refractivity contribution in [2.24, 2.45) is 16.7 Å². The highest BCUT2D eigenvalue weighted by Gasteiger charge is 2.82. The number of benzene rings is 2. The van der Waals surface area contributed by atoms with E-state index in [0.717, 1.165) is 77.5 Å². The van der Waals surface area contributed by atoms with E-state index in [0.29, 0.717) is 67.4 Å². The van der Waals surface area contributed by atoms with E-state index < -0.39 is 32.4 Å². The third-order valence-corrected chi connectivity index (χ3v) is 20.3. The number of pyridine rings is 2. The Labute approximate surface area is 453 Å². The van der Waals surface area contributed by atoms with Gasteiger partial charge in [-0.3, -0.25) is 14.6 Å². The second-order valence-corrected chi connectivity index (χ2v) is 26.2. The van der Waals surface area contributed by atoms with Gasteiger partial charge >= 0.3 is 0 Å². The molecular formula is C56H69ClFN11O7S. The van der Waals surface area contributed by atoms with Gasteiger partial charge in [-0.1, -0.05) is 38.1 Å². The summed E-state index contributed by atoms with van der Waals surface area (Å²) in [6.07, 6.45) is 13.1. The minimum Gasteiger partial charge on any atom is -0.629 e. The molecule has 21 heteroatoms. The van der Waals surface area contributed by atoms with Crippen molar-refractivity contribution in [1.82, 2.24) is 39.4 Å². The predicted octanol–water partition coefficient (Wildman–Crippen LogP) is 7.89. The highest BCUT2D eigenvalue weighted by Crippen LogP contribution is 2.82. The van der Waals surface area contributed by atoms with Crippen molar-refractivity contribution in [3.05, 3.63) is 88.9 Å². The standard InChI is InChI=1S/C56H69ClFN11O7S/c1-33(2)36-8-6-7-9-37(36)42-28-67(31-55-29-56(55,57)30-55)18-19-69(42)35-23-54(24-35)14-16-68(17-15-54)46-22-43(76-44-20-38-40(58)27-61-50(38)64-52(44)75-5)39(26-59-46)51(70)65-77(73,74)45-21-41(66(4)72)47(49-48(45)62-32-63-49)60-25-34-10-12-53(3,71)13-11-34/h6-9,20-22,26-27,32-35,42,60,66,71H,10-19,23-25,28-31H2,1-5H3,(H,61,64)(H,62,63)(H,65,70)/t34-,42-,53-,55?,56?/m0/s1. The number of hydrogen-bond acceptors (Lipinski definition) is 14. The normalized spacial score (nSPS) is 26.9. The number of carbonyl (C=O) groups is 1. The average molecular weight is 1090 g/mol. The number of methoxy groups -OCH3 is 1. The van der Waals surface area contributed by atoms with Crippen LogP contribution in [-0.4, -0.2) is 131 Å². The van der Waals surface area contributed by atoms with Gasteiger partial charge in [0.05, 0.1) is 41.9 Å².